The topological polar surface area (TPSA) is 51.0 Å². The Bertz CT molecular complexity index is 1020. The molecular formula is C25H28NO3P. The molecule has 0 aromatic heterocycles. The average Bonchev–Trinajstić information content (AvgIpc) is 2.79. The number of para-hydroxylation sites is 1. The minimum atomic E-state index is -0.289. The van der Waals surface area contributed by atoms with Crippen molar-refractivity contribution in [1.82, 2.24) is 0 Å². The number of benzene rings is 3. The molecule has 156 valence electrons. The van der Waals surface area contributed by atoms with Crippen LogP contribution >= 0.6 is 8.58 Å². The summed E-state index contributed by atoms with van der Waals surface area (Å²) in [5.74, 6) is 1.27. The highest BCUT2D eigenvalue weighted by Crippen LogP contribution is 2.50. The number of ether oxygens (including phenoxy) is 2. The monoisotopic (exact) mass is 421 g/mol. The summed E-state index contributed by atoms with van der Waals surface area (Å²) < 4.78 is 10.8. The van der Waals surface area contributed by atoms with Crippen LogP contribution < -0.4 is 14.8 Å². The van der Waals surface area contributed by atoms with Crippen molar-refractivity contribution in [3.05, 3.63) is 77.9 Å². The lowest BCUT2D eigenvalue weighted by Crippen LogP contribution is -2.20. The van der Waals surface area contributed by atoms with Gasteiger partial charge in [0.25, 0.3) is 0 Å². The zero-order chi connectivity index (χ0) is 21.6. The summed E-state index contributed by atoms with van der Waals surface area (Å²) in [5.41, 5.74) is 2.83. The Morgan fingerprint density at radius 2 is 1.70 bits per heavy atom. The molecule has 2 unspecified atom stereocenters. The highest BCUT2D eigenvalue weighted by atomic mass is 31.1. The van der Waals surface area contributed by atoms with Gasteiger partial charge in [0.05, 0.1) is 19.9 Å². The quantitative estimate of drug-likeness (QED) is 0.370. The molecule has 0 heterocycles. The molecule has 0 bridgehead atoms. The molecule has 0 aliphatic rings. The van der Waals surface area contributed by atoms with Crippen LogP contribution in [-0.4, -0.2) is 25.5 Å². The van der Waals surface area contributed by atoms with Crippen LogP contribution in [-0.2, 0) is 5.16 Å². The second-order valence-electron chi connectivity index (χ2n) is 7.22. The molecular weight excluding hydrogens is 393 g/mol. The molecule has 4 nitrogen and oxygen atoms in total. The van der Waals surface area contributed by atoms with Gasteiger partial charge in [0.15, 0.2) is 11.5 Å². The first-order valence-corrected chi connectivity index (χ1v) is 10.9. The van der Waals surface area contributed by atoms with Gasteiger partial charge in [0, 0.05) is 28.6 Å². The fraction of sp³-hybridized carbons (Fsp3) is 0.240. The number of aliphatic imine (C=N–C) groups is 1. The van der Waals surface area contributed by atoms with E-state index in [-0.39, 0.29) is 10.9 Å². The van der Waals surface area contributed by atoms with Gasteiger partial charge in [-0.3, -0.25) is 4.99 Å². The maximum Gasteiger partial charge on any atom is 0.164 e. The van der Waals surface area contributed by atoms with Crippen LogP contribution in [0.1, 0.15) is 31.4 Å². The van der Waals surface area contributed by atoms with Gasteiger partial charge in [-0.15, -0.1) is 0 Å². The van der Waals surface area contributed by atoms with Gasteiger partial charge in [-0.25, -0.2) is 0 Å². The largest absolute Gasteiger partial charge is 0.504 e. The van der Waals surface area contributed by atoms with Crippen molar-refractivity contribution in [2.45, 2.75) is 25.4 Å². The Morgan fingerprint density at radius 3 is 2.37 bits per heavy atom. The molecule has 0 saturated carbocycles. The van der Waals surface area contributed by atoms with E-state index >= 15 is 0 Å². The first kappa shape index (κ1) is 21.9. The van der Waals surface area contributed by atoms with Gasteiger partial charge in [0.1, 0.15) is 5.75 Å². The summed E-state index contributed by atoms with van der Waals surface area (Å²) in [6.45, 7) is 4.31. The van der Waals surface area contributed by atoms with Crippen molar-refractivity contribution < 1.29 is 14.6 Å². The second-order valence-corrected chi connectivity index (χ2v) is 9.11. The van der Waals surface area contributed by atoms with E-state index in [1.807, 2.05) is 54.7 Å². The van der Waals surface area contributed by atoms with E-state index < -0.39 is 0 Å². The molecule has 5 heteroatoms. The molecule has 0 aliphatic carbocycles. The fourth-order valence-electron chi connectivity index (χ4n) is 3.30. The van der Waals surface area contributed by atoms with Crippen LogP contribution in [0.25, 0.3) is 0 Å². The molecule has 3 aromatic rings. The summed E-state index contributed by atoms with van der Waals surface area (Å²) in [4.78, 5) is 4.63. The smallest absolute Gasteiger partial charge is 0.164 e. The minimum Gasteiger partial charge on any atom is -0.504 e. The number of hydrogen-bond donors (Lipinski definition) is 1. The normalized spacial score (nSPS) is 13.6. The zero-order valence-corrected chi connectivity index (χ0v) is 18.8. The first-order chi connectivity index (χ1) is 14.5. The van der Waals surface area contributed by atoms with E-state index in [9.17, 15) is 5.11 Å². The van der Waals surface area contributed by atoms with Crippen molar-refractivity contribution in [1.29, 1.82) is 0 Å². The third-order valence-corrected chi connectivity index (χ3v) is 7.19. The fourth-order valence-corrected chi connectivity index (χ4v) is 4.87. The Hall–Kier alpha value is -2.84. The predicted molar refractivity (Wildman–Crippen MR) is 127 cm³/mol. The number of phenolic OH excluding ortho intramolecular Hbond substituents is 1. The van der Waals surface area contributed by atoms with Crippen molar-refractivity contribution in [3.8, 4) is 17.2 Å². The molecule has 0 fully saturated rings. The molecule has 3 aromatic carbocycles. The summed E-state index contributed by atoms with van der Waals surface area (Å²) in [5, 5.41) is 11.8. The van der Waals surface area contributed by atoms with Crippen LogP contribution in [0.4, 0.5) is 5.69 Å². The third kappa shape index (κ3) is 4.83. The first-order valence-electron chi connectivity index (χ1n) is 9.92. The standard InChI is InChI=1S/C25H28NO3P/c1-5-25(2,21-15-20(28-3)16-22(29-4)24(21)27)30-23-14-10-9-11-18(23)17-26-19-12-7-6-8-13-19/h6-17,27,30H,5H2,1-4H3/b26-17+. The molecule has 0 aliphatic heterocycles. The second kappa shape index (κ2) is 9.77. The summed E-state index contributed by atoms with van der Waals surface area (Å²) in [6.07, 6.45) is 2.76. The van der Waals surface area contributed by atoms with Gasteiger partial charge in [-0.05, 0) is 29.9 Å². The maximum atomic E-state index is 10.9. The van der Waals surface area contributed by atoms with E-state index in [0.717, 1.165) is 23.2 Å². The van der Waals surface area contributed by atoms with Crippen molar-refractivity contribution in [3.63, 3.8) is 0 Å². The molecule has 0 radical (unpaired) electrons. The highest BCUT2D eigenvalue weighted by molar-refractivity contribution is 7.48. The third-order valence-electron chi connectivity index (χ3n) is 5.29. The van der Waals surface area contributed by atoms with Gasteiger partial charge in [-0.1, -0.05) is 64.9 Å². The lowest BCUT2D eigenvalue weighted by atomic mass is 9.95. The van der Waals surface area contributed by atoms with Gasteiger partial charge in [0.2, 0.25) is 0 Å². The summed E-state index contributed by atoms with van der Waals surface area (Å²) in [7, 11) is 3.60. The maximum absolute atomic E-state index is 10.9. The molecule has 0 amide bonds. The lowest BCUT2D eigenvalue weighted by molar-refractivity contribution is 0.357. The molecule has 0 saturated heterocycles. The van der Waals surface area contributed by atoms with Crippen LogP contribution in [0, 0.1) is 0 Å². The SMILES string of the molecule is CCC(C)(Pc1ccccc1/C=N/c1ccccc1)c1cc(OC)cc(OC)c1O. The lowest BCUT2D eigenvalue weighted by Gasteiger charge is -2.31. The number of phenols is 1. The predicted octanol–water partition coefficient (Wildman–Crippen LogP) is 5.79. The zero-order valence-electron chi connectivity index (χ0n) is 17.8. The Morgan fingerprint density at radius 1 is 1.00 bits per heavy atom. The molecule has 1 N–H and O–H groups in total. The van der Waals surface area contributed by atoms with E-state index in [0.29, 0.717) is 20.1 Å². The van der Waals surface area contributed by atoms with Crippen molar-refractivity contribution >= 4 is 25.8 Å². The number of rotatable bonds is 8. The van der Waals surface area contributed by atoms with Crippen LogP contribution in [0.2, 0.25) is 0 Å². The van der Waals surface area contributed by atoms with Gasteiger partial charge in [-0.2, -0.15) is 0 Å². The van der Waals surface area contributed by atoms with Crippen LogP contribution in [0.15, 0.2) is 71.7 Å². The van der Waals surface area contributed by atoms with Crippen molar-refractivity contribution in [2.24, 2.45) is 4.99 Å². The Labute approximate surface area is 180 Å². The van der Waals surface area contributed by atoms with E-state index in [1.54, 1.807) is 20.3 Å². The number of hydrogen-bond acceptors (Lipinski definition) is 4. The highest BCUT2D eigenvalue weighted by Gasteiger charge is 2.31. The summed E-state index contributed by atoms with van der Waals surface area (Å²) >= 11 is 0. The van der Waals surface area contributed by atoms with Gasteiger partial charge < -0.3 is 14.6 Å². The molecule has 2 atom stereocenters. The molecule has 3 rings (SSSR count). The summed E-state index contributed by atoms with van der Waals surface area (Å²) in [6, 6.07) is 21.8. The molecule has 0 spiro atoms. The van der Waals surface area contributed by atoms with E-state index in [1.165, 1.54) is 5.30 Å². The van der Waals surface area contributed by atoms with E-state index in [4.69, 9.17) is 9.47 Å². The number of aromatic hydroxyl groups is 1. The van der Waals surface area contributed by atoms with Crippen LogP contribution in [0.3, 0.4) is 0 Å². The van der Waals surface area contributed by atoms with Gasteiger partial charge >= 0.3 is 0 Å². The Kier molecular flexibility index (Phi) is 7.12. The minimum absolute atomic E-state index is 0.172. The van der Waals surface area contributed by atoms with E-state index in [2.05, 4.69) is 31.0 Å². The Balaban J connectivity index is 1.99. The number of methoxy groups -OCH3 is 2. The average molecular weight is 421 g/mol. The van der Waals surface area contributed by atoms with Crippen LogP contribution in [0.5, 0.6) is 17.2 Å². The number of nitrogens with zero attached hydrogens (tertiary/aromatic N) is 1. The molecule has 30 heavy (non-hydrogen) atoms. The van der Waals surface area contributed by atoms with Crippen molar-refractivity contribution in [2.75, 3.05) is 14.2 Å².